The molecule has 2 unspecified atom stereocenters. The van der Waals surface area contributed by atoms with E-state index in [9.17, 15) is 9.18 Å². The third-order valence-electron chi connectivity index (χ3n) is 7.70. The minimum Gasteiger partial charge on any atom is -0.360 e. The number of aryl methyl sites for hydroxylation is 1. The van der Waals surface area contributed by atoms with Crippen molar-refractivity contribution in [3.05, 3.63) is 53.0 Å². The normalized spacial score (nSPS) is 19.3. The number of nitrogens with one attached hydrogen (secondary N) is 2. The SMILES string of the molecule is CCCC(=N)CCn1cc(-c2ccc(F)c(Cl)c2)nc1C1CCN(c2ncnc3c2C(C)C(C=O)N3)CC1. The lowest BCUT2D eigenvalue weighted by atomic mass is 9.94. The molecule has 0 saturated carbocycles. The van der Waals surface area contributed by atoms with Crippen molar-refractivity contribution in [1.29, 1.82) is 5.41 Å². The van der Waals surface area contributed by atoms with Crippen molar-refractivity contribution in [3.8, 4) is 11.3 Å². The van der Waals surface area contributed by atoms with Gasteiger partial charge >= 0.3 is 0 Å². The third kappa shape index (κ3) is 5.16. The molecular formula is C28H33ClFN7O. The molecule has 1 saturated heterocycles. The first-order chi connectivity index (χ1) is 18.4. The van der Waals surface area contributed by atoms with Crippen molar-refractivity contribution >= 4 is 35.2 Å². The van der Waals surface area contributed by atoms with Gasteiger partial charge in [0.1, 0.15) is 35.9 Å². The molecule has 2 aliphatic heterocycles. The second-order valence-electron chi connectivity index (χ2n) is 10.2. The van der Waals surface area contributed by atoms with Gasteiger partial charge in [0.15, 0.2) is 0 Å². The molecular weight excluding hydrogens is 505 g/mol. The molecule has 2 atom stereocenters. The summed E-state index contributed by atoms with van der Waals surface area (Å²) in [7, 11) is 0. The van der Waals surface area contributed by atoms with E-state index < -0.39 is 5.82 Å². The highest BCUT2D eigenvalue weighted by atomic mass is 35.5. The lowest BCUT2D eigenvalue weighted by Gasteiger charge is -2.34. The van der Waals surface area contributed by atoms with E-state index in [1.165, 1.54) is 6.07 Å². The Kier molecular flexibility index (Phi) is 7.74. The average molecular weight is 538 g/mol. The molecule has 8 nitrogen and oxygen atoms in total. The van der Waals surface area contributed by atoms with E-state index in [1.807, 2.05) is 13.1 Å². The molecule has 4 heterocycles. The van der Waals surface area contributed by atoms with Crippen LogP contribution in [0.5, 0.6) is 0 Å². The fourth-order valence-electron chi connectivity index (χ4n) is 5.55. The van der Waals surface area contributed by atoms with Crippen LogP contribution in [0.25, 0.3) is 11.3 Å². The summed E-state index contributed by atoms with van der Waals surface area (Å²) < 4.78 is 15.9. The van der Waals surface area contributed by atoms with Crippen molar-refractivity contribution in [2.24, 2.45) is 0 Å². The number of hydrogen-bond donors (Lipinski definition) is 2. The fraction of sp³-hybridized carbons (Fsp3) is 0.464. The second kappa shape index (κ2) is 11.2. The maximum absolute atomic E-state index is 13.8. The Morgan fingerprint density at radius 3 is 2.76 bits per heavy atom. The molecule has 38 heavy (non-hydrogen) atoms. The Morgan fingerprint density at radius 2 is 2.05 bits per heavy atom. The quantitative estimate of drug-likeness (QED) is 0.263. The topological polar surface area (TPSA) is 99.8 Å². The number of benzene rings is 1. The predicted octanol–water partition coefficient (Wildman–Crippen LogP) is 5.82. The third-order valence-corrected chi connectivity index (χ3v) is 7.99. The van der Waals surface area contributed by atoms with Crippen LogP contribution >= 0.6 is 11.6 Å². The summed E-state index contributed by atoms with van der Waals surface area (Å²) in [5, 5.41) is 11.5. The molecule has 1 fully saturated rings. The van der Waals surface area contributed by atoms with E-state index in [2.05, 4.69) is 31.7 Å². The second-order valence-corrected chi connectivity index (χ2v) is 10.6. The highest BCUT2D eigenvalue weighted by molar-refractivity contribution is 6.31. The lowest BCUT2D eigenvalue weighted by Crippen LogP contribution is -2.35. The number of rotatable bonds is 9. The first-order valence-corrected chi connectivity index (χ1v) is 13.7. The summed E-state index contributed by atoms with van der Waals surface area (Å²) in [6.45, 7) is 6.43. The number of nitrogens with zero attached hydrogens (tertiary/aromatic N) is 5. The van der Waals surface area contributed by atoms with Gasteiger partial charge in [0.05, 0.1) is 16.8 Å². The summed E-state index contributed by atoms with van der Waals surface area (Å²) >= 11 is 6.06. The lowest BCUT2D eigenvalue weighted by molar-refractivity contribution is -0.108. The molecule has 1 aromatic carbocycles. The maximum Gasteiger partial charge on any atom is 0.142 e. The van der Waals surface area contributed by atoms with Crippen LogP contribution in [0.15, 0.2) is 30.7 Å². The first kappa shape index (κ1) is 26.3. The van der Waals surface area contributed by atoms with E-state index in [0.717, 1.165) is 85.1 Å². The van der Waals surface area contributed by atoms with Gasteiger partial charge in [-0.05, 0) is 37.5 Å². The number of anilines is 2. The van der Waals surface area contributed by atoms with Crippen LogP contribution in [0.3, 0.4) is 0 Å². The zero-order valence-corrected chi connectivity index (χ0v) is 22.5. The first-order valence-electron chi connectivity index (χ1n) is 13.3. The summed E-state index contributed by atoms with van der Waals surface area (Å²) in [4.78, 5) is 27.8. The Hall–Kier alpha value is -3.33. The highest BCUT2D eigenvalue weighted by Gasteiger charge is 2.35. The zero-order valence-electron chi connectivity index (χ0n) is 21.8. The van der Waals surface area contributed by atoms with Gasteiger partial charge in [-0.1, -0.05) is 31.9 Å². The van der Waals surface area contributed by atoms with E-state index in [0.29, 0.717) is 13.0 Å². The van der Waals surface area contributed by atoms with Crippen LogP contribution in [-0.2, 0) is 11.3 Å². The molecule has 5 rings (SSSR count). The van der Waals surface area contributed by atoms with Gasteiger partial charge in [-0.25, -0.2) is 19.3 Å². The molecule has 2 aliphatic rings. The van der Waals surface area contributed by atoms with Crippen molar-refractivity contribution < 1.29 is 9.18 Å². The molecule has 0 aliphatic carbocycles. The van der Waals surface area contributed by atoms with Crippen LogP contribution in [-0.4, -0.2) is 50.6 Å². The summed E-state index contributed by atoms with van der Waals surface area (Å²) in [5.74, 6) is 2.44. The molecule has 2 N–H and O–H groups in total. The molecule has 0 bridgehead atoms. The van der Waals surface area contributed by atoms with Crippen LogP contribution in [0.4, 0.5) is 16.0 Å². The van der Waals surface area contributed by atoms with Gasteiger partial charge in [-0.3, -0.25) is 0 Å². The minimum atomic E-state index is -0.448. The Labute approximate surface area is 227 Å². The predicted molar refractivity (Wildman–Crippen MR) is 148 cm³/mol. The molecule has 3 aromatic rings. The number of fused-ring (bicyclic) bond motifs is 1. The van der Waals surface area contributed by atoms with E-state index in [-0.39, 0.29) is 22.9 Å². The molecule has 10 heteroatoms. The van der Waals surface area contributed by atoms with Crippen molar-refractivity contribution in [3.63, 3.8) is 0 Å². The monoisotopic (exact) mass is 537 g/mol. The van der Waals surface area contributed by atoms with Gasteiger partial charge in [-0.15, -0.1) is 0 Å². The zero-order chi connectivity index (χ0) is 26.8. The van der Waals surface area contributed by atoms with Crippen molar-refractivity contribution in [2.75, 3.05) is 23.3 Å². The van der Waals surface area contributed by atoms with E-state index in [4.69, 9.17) is 22.0 Å². The number of carbonyl (C=O) groups excluding carboxylic acids is 1. The van der Waals surface area contributed by atoms with Crippen LogP contribution < -0.4 is 10.2 Å². The number of halogens is 2. The number of aromatic nitrogens is 4. The van der Waals surface area contributed by atoms with Gasteiger partial charge in [0.25, 0.3) is 0 Å². The van der Waals surface area contributed by atoms with Gasteiger partial charge in [0, 0.05) is 60.9 Å². The molecule has 0 amide bonds. The molecule has 200 valence electrons. The van der Waals surface area contributed by atoms with E-state index >= 15 is 0 Å². The highest BCUT2D eigenvalue weighted by Crippen LogP contribution is 2.41. The van der Waals surface area contributed by atoms with Crippen molar-refractivity contribution in [2.45, 2.75) is 70.4 Å². The summed E-state index contributed by atoms with van der Waals surface area (Å²) in [6.07, 6.45) is 8.73. The minimum absolute atomic E-state index is 0.0128. The number of carbonyl (C=O) groups is 1. The molecule has 0 spiro atoms. The Bertz CT molecular complexity index is 1330. The van der Waals surface area contributed by atoms with Crippen molar-refractivity contribution in [1.82, 2.24) is 19.5 Å². The van der Waals surface area contributed by atoms with Crippen LogP contribution in [0.1, 0.15) is 69.2 Å². The number of imidazole rings is 1. The Morgan fingerprint density at radius 1 is 1.26 bits per heavy atom. The standard InChI is InChI=1S/C28H33ClFN7O/c1-3-4-20(31)9-12-37-14-23(19-5-6-22(30)21(29)13-19)35-27(37)18-7-10-36(11-8-18)28-25-17(2)24(15-38)34-26(25)32-16-33-28/h5-6,13-18,24,31H,3-4,7-12H2,1-2H3,(H,32,33,34). The van der Waals surface area contributed by atoms with Gasteiger partial charge < -0.3 is 25.0 Å². The summed E-state index contributed by atoms with van der Waals surface area (Å²) in [6, 6.07) is 4.41. The maximum atomic E-state index is 13.8. The molecule has 2 aromatic heterocycles. The van der Waals surface area contributed by atoms with Gasteiger partial charge in [-0.2, -0.15) is 0 Å². The Balaban J connectivity index is 1.37. The van der Waals surface area contributed by atoms with E-state index in [1.54, 1.807) is 18.5 Å². The number of aldehydes is 1. The average Bonchev–Trinajstić information content (AvgIpc) is 3.50. The van der Waals surface area contributed by atoms with Gasteiger partial charge in [0.2, 0.25) is 0 Å². The fourth-order valence-corrected chi connectivity index (χ4v) is 5.73. The number of piperidine rings is 1. The van der Waals surface area contributed by atoms with Crippen LogP contribution in [0, 0.1) is 11.2 Å². The number of hydrogen-bond acceptors (Lipinski definition) is 7. The molecule has 0 radical (unpaired) electrons. The smallest absolute Gasteiger partial charge is 0.142 e. The largest absolute Gasteiger partial charge is 0.360 e. The van der Waals surface area contributed by atoms with Crippen LogP contribution in [0.2, 0.25) is 5.02 Å². The summed E-state index contributed by atoms with van der Waals surface area (Å²) in [5.41, 5.74) is 3.29.